The quantitative estimate of drug-likeness (QED) is 0.818. The van der Waals surface area contributed by atoms with Gasteiger partial charge in [0.25, 0.3) is 0 Å². The number of carboxylic acids is 1. The number of benzene rings is 1. The van der Waals surface area contributed by atoms with Gasteiger partial charge in [-0.1, -0.05) is 40.5 Å². The lowest BCUT2D eigenvalue weighted by atomic mass is 10.0. The predicted molar refractivity (Wildman–Crippen MR) is 87.9 cm³/mol. The van der Waals surface area contributed by atoms with Crippen LogP contribution in [0.25, 0.3) is 11.0 Å². The van der Waals surface area contributed by atoms with Crippen molar-refractivity contribution in [1.29, 1.82) is 0 Å². The number of fused-ring (bicyclic) bond motifs is 1. The smallest absolute Gasteiger partial charge is 0.313 e. The van der Waals surface area contributed by atoms with Gasteiger partial charge in [0.05, 0.1) is 16.8 Å². The Labute approximate surface area is 136 Å². The number of thioether (sulfide) groups is 1. The Morgan fingerprint density at radius 3 is 2.86 bits per heavy atom. The van der Waals surface area contributed by atoms with E-state index in [2.05, 4.69) is 38.5 Å². The maximum absolute atomic E-state index is 10.9. The van der Waals surface area contributed by atoms with E-state index in [4.69, 9.17) is 5.11 Å². The lowest BCUT2D eigenvalue weighted by molar-refractivity contribution is -0.133. The molecule has 2 aromatic rings. The highest BCUT2D eigenvalue weighted by molar-refractivity contribution is 9.10. The summed E-state index contributed by atoms with van der Waals surface area (Å²) in [4.78, 5) is 15.6. The van der Waals surface area contributed by atoms with Crippen LogP contribution in [-0.2, 0) is 10.3 Å². The average molecular weight is 369 g/mol. The number of carbonyl (C=O) groups is 1. The molecular weight excluding hydrogens is 352 g/mol. The van der Waals surface area contributed by atoms with Crippen LogP contribution >= 0.6 is 27.7 Å². The molecule has 1 saturated carbocycles. The maximum atomic E-state index is 10.9. The first-order valence-corrected chi connectivity index (χ1v) is 8.80. The van der Waals surface area contributed by atoms with Gasteiger partial charge >= 0.3 is 5.97 Å². The number of hydrogen-bond donors (Lipinski definition) is 1. The molecular formula is C15H17BrN2O2S. The average Bonchev–Trinajstić information content (AvgIpc) is 3.00. The molecule has 0 spiro atoms. The molecule has 0 aliphatic heterocycles. The molecule has 0 unspecified atom stereocenters. The molecule has 1 aromatic heterocycles. The standard InChI is InChI=1S/C15H17BrN2O2S/c1-15(6-2-3-7-15)18-12-5-4-10(16)8-11(12)17-14(18)21-9-13(19)20/h4-5,8H,2-3,6-7,9H2,1H3,(H,19,20). The second-order valence-electron chi connectivity index (χ2n) is 5.75. The monoisotopic (exact) mass is 368 g/mol. The summed E-state index contributed by atoms with van der Waals surface area (Å²) in [7, 11) is 0. The largest absolute Gasteiger partial charge is 0.481 e. The molecule has 1 heterocycles. The van der Waals surface area contributed by atoms with Crippen molar-refractivity contribution in [2.75, 3.05) is 5.75 Å². The Bertz CT molecular complexity index is 692. The summed E-state index contributed by atoms with van der Waals surface area (Å²) in [6.07, 6.45) is 4.68. The molecule has 4 nitrogen and oxygen atoms in total. The third-order valence-corrected chi connectivity index (χ3v) is 5.55. The highest BCUT2D eigenvalue weighted by atomic mass is 79.9. The minimum absolute atomic E-state index is 0.0422. The van der Waals surface area contributed by atoms with Crippen LogP contribution in [0.3, 0.4) is 0 Å². The summed E-state index contributed by atoms with van der Waals surface area (Å²) < 4.78 is 3.25. The fourth-order valence-electron chi connectivity index (χ4n) is 3.14. The van der Waals surface area contributed by atoms with Gasteiger partial charge < -0.3 is 9.67 Å². The van der Waals surface area contributed by atoms with Crippen molar-refractivity contribution >= 4 is 44.7 Å². The molecule has 1 N–H and O–H groups in total. The van der Waals surface area contributed by atoms with Gasteiger partial charge in [-0.05, 0) is 38.0 Å². The van der Waals surface area contributed by atoms with Crippen molar-refractivity contribution < 1.29 is 9.90 Å². The fraction of sp³-hybridized carbons (Fsp3) is 0.467. The van der Waals surface area contributed by atoms with Crippen LogP contribution in [0.15, 0.2) is 27.8 Å². The Balaban J connectivity index is 2.13. The fourth-order valence-corrected chi connectivity index (χ4v) is 4.35. The summed E-state index contributed by atoms with van der Waals surface area (Å²) in [5, 5.41) is 9.76. The Morgan fingerprint density at radius 1 is 1.48 bits per heavy atom. The predicted octanol–water partition coefficient (Wildman–Crippen LogP) is 4.26. The molecule has 0 radical (unpaired) electrons. The summed E-state index contributed by atoms with van der Waals surface area (Å²) in [5.41, 5.74) is 2.06. The second-order valence-corrected chi connectivity index (χ2v) is 7.61. The molecule has 1 aliphatic rings. The molecule has 6 heteroatoms. The first-order chi connectivity index (χ1) is 9.99. The first-order valence-electron chi connectivity index (χ1n) is 7.03. The van der Waals surface area contributed by atoms with Crippen molar-refractivity contribution in [2.24, 2.45) is 0 Å². The zero-order chi connectivity index (χ0) is 15.0. The van der Waals surface area contributed by atoms with Gasteiger partial charge in [0, 0.05) is 10.0 Å². The third-order valence-electron chi connectivity index (χ3n) is 4.13. The Morgan fingerprint density at radius 2 is 2.19 bits per heavy atom. The number of carboxylic acid groups (broad SMARTS) is 1. The molecule has 0 atom stereocenters. The molecule has 0 saturated heterocycles. The molecule has 3 rings (SSSR count). The van der Waals surface area contributed by atoms with E-state index in [1.807, 2.05) is 12.1 Å². The second kappa shape index (κ2) is 5.65. The molecule has 0 amide bonds. The molecule has 21 heavy (non-hydrogen) atoms. The van der Waals surface area contributed by atoms with E-state index in [1.54, 1.807) is 0 Å². The van der Waals surface area contributed by atoms with Crippen molar-refractivity contribution in [3.05, 3.63) is 22.7 Å². The summed E-state index contributed by atoms with van der Waals surface area (Å²) in [6.45, 7) is 2.26. The Kier molecular flexibility index (Phi) is 4.01. The van der Waals surface area contributed by atoms with E-state index in [1.165, 1.54) is 24.6 Å². The van der Waals surface area contributed by atoms with E-state index < -0.39 is 5.97 Å². The highest BCUT2D eigenvalue weighted by Gasteiger charge is 2.34. The van der Waals surface area contributed by atoms with Crippen molar-refractivity contribution in [2.45, 2.75) is 43.3 Å². The van der Waals surface area contributed by atoms with Gasteiger partial charge in [0.2, 0.25) is 0 Å². The van der Waals surface area contributed by atoms with Crippen molar-refractivity contribution in [1.82, 2.24) is 9.55 Å². The van der Waals surface area contributed by atoms with Gasteiger partial charge in [-0.25, -0.2) is 4.98 Å². The Hall–Kier alpha value is -1.01. The number of hydrogen-bond acceptors (Lipinski definition) is 3. The van der Waals surface area contributed by atoms with Gasteiger partial charge in [-0.15, -0.1) is 0 Å². The van der Waals surface area contributed by atoms with E-state index in [0.29, 0.717) is 0 Å². The highest BCUT2D eigenvalue weighted by Crippen LogP contribution is 2.41. The molecule has 1 fully saturated rings. The maximum Gasteiger partial charge on any atom is 0.313 e. The van der Waals surface area contributed by atoms with E-state index in [-0.39, 0.29) is 11.3 Å². The number of nitrogens with zero attached hydrogens (tertiary/aromatic N) is 2. The number of rotatable bonds is 4. The first kappa shape index (κ1) is 14.9. The van der Waals surface area contributed by atoms with E-state index in [0.717, 1.165) is 33.5 Å². The minimum Gasteiger partial charge on any atom is -0.481 e. The normalized spacial score (nSPS) is 17.4. The third kappa shape index (κ3) is 2.83. The number of aromatic nitrogens is 2. The van der Waals surface area contributed by atoms with Gasteiger partial charge in [0.15, 0.2) is 5.16 Å². The van der Waals surface area contributed by atoms with Crippen LogP contribution in [0.1, 0.15) is 32.6 Å². The topological polar surface area (TPSA) is 55.1 Å². The van der Waals surface area contributed by atoms with Crippen LogP contribution < -0.4 is 0 Å². The van der Waals surface area contributed by atoms with E-state index in [9.17, 15) is 4.79 Å². The molecule has 0 bridgehead atoms. The number of halogens is 1. The van der Waals surface area contributed by atoms with Crippen LogP contribution in [0, 0.1) is 0 Å². The molecule has 112 valence electrons. The molecule has 1 aliphatic carbocycles. The lowest BCUT2D eigenvalue weighted by Crippen LogP contribution is -2.27. The van der Waals surface area contributed by atoms with E-state index >= 15 is 0 Å². The summed E-state index contributed by atoms with van der Waals surface area (Å²) in [6, 6.07) is 6.08. The SMILES string of the molecule is CC1(n2c(SCC(=O)O)nc3cc(Br)ccc32)CCCC1. The van der Waals surface area contributed by atoms with Crippen LogP contribution in [0.2, 0.25) is 0 Å². The zero-order valence-electron chi connectivity index (χ0n) is 11.8. The minimum atomic E-state index is -0.809. The van der Waals surface area contributed by atoms with Gasteiger partial charge in [-0.3, -0.25) is 4.79 Å². The van der Waals surface area contributed by atoms with Crippen molar-refractivity contribution in [3.8, 4) is 0 Å². The number of aliphatic carboxylic acids is 1. The van der Waals surface area contributed by atoms with Crippen molar-refractivity contribution in [3.63, 3.8) is 0 Å². The molecule has 1 aromatic carbocycles. The lowest BCUT2D eigenvalue weighted by Gasteiger charge is -2.28. The van der Waals surface area contributed by atoms with Crippen LogP contribution in [-0.4, -0.2) is 26.4 Å². The van der Waals surface area contributed by atoms with Gasteiger partial charge in [-0.2, -0.15) is 0 Å². The van der Waals surface area contributed by atoms with Crippen LogP contribution in [0.5, 0.6) is 0 Å². The summed E-state index contributed by atoms with van der Waals surface area (Å²) >= 11 is 4.78. The number of imidazole rings is 1. The zero-order valence-corrected chi connectivity index (χ0v) is 14.2. The van der Waals surface area contributed by atoms with Gasteiger partial charge in [0.1, 0.15) is 0 Å². The van der Waals surface area contributed by atoms with Crippen LogP contribution in [0.4, 0.5) is 0 Å². The summed E-state index contributed by atoms with van der Waals surface area (Å²) in [5.74, 6) is -0.767.